The zero-order valence-corrected chi connectivity index (χ0v) is 14.0. The fourth-order valence-corrected chi connectivity index (χ4v) is 2.95. The van der Waals surface area contributed by atoms with Crippen molar-refractivity contribution >= 4 is 29.0 Å². The van der Waals surface area contributed by atoms with Crippen molar-refractivity contribution in [1.29, 1.82) is 0 Å². The first kappa shape index (κ1) is 17.5. The van der Waals surface area contributed by atoms with E-state index in [1.807, 2.05) is 0 Å². The molecule has 1 amide bonds. The minimum absolute atomic E-state index is 0.132. The number of hydrogen-bond acceptors (Lipinski definition) is 7. The number of aryl methyl sites for hydroxylation is 2. The van der Waals surface area contributed by atoms with E-state index in [9.17, 15) is 19.7 Å². The van der Waals surface area contributed by atoms with Crippen LogP contribution in [-0.4, -0.2) is 36.4 Å². The first-order chi connectivity index (χ1) is 11.2. The van der Waals surface area contributed by atoms with E-state index in [0.29, 0.717) is 16.5 Å². The summed E-state index contributed by atoms with van der Waals surface area (Å²) in [6.07, 6.45) is 1.19. The second-order valence-electron chi connectivity index (χ2n) is 5.09. The van der Waals surface area contributed by atoms with Gasteiger partial charge in [0.15, 0.2) is 0 Å². The van der Waals surface area contributed by atoms with Crippen molar-refractivity contribution in [2.45, 2.75) is 33.4 Å². The molecule has 0 aliphatic carbocycles. The van der Waals surface area contributed by atoms with Crippen LogP contribution in [0.1, 0.15) is 39.2 Å². The van der Waals surface area contributed by atoms with Crippen LogP contribution in [0.5, 0.6) is 0 Å². The Morgan fingerprint density at radius 1 is 1.46 bits per heavy atom. The van der Waals surface area contributed by atoms with E-state index in [1.165, 1.54) is 10.8 Å². The maximum atomic E-state index is 12.1. The highest BCUT2D eigenvalue weighted by atomic mass is 32.1. The van der Waals surface area contributed by atoms with Gasteiger partial charge < -0.3 is 20.5 Å². The highest BCUT2D eigenvalue weighted by molar-refractivity contribution is 7.13. The van der Waals surface area contributed by atoms with Crippen LogP contribution in [-0.2, 0) is 11.3 Å². The van der Waals surface area contributed by atoms with E-state index < -0.39 is 16.9 Å². The van der Waals surface area contributed by atoms with E-state index in [0.717, 1.165) is 11.3 Å². The molecule has 0 spiro atoms. The predicted molar refractivity (Wildman–Crippen MR) is 84.0 cm³/mol. The molecular formula is C13H15N5O5S. The first-order valence-corrected chi connectivity index (χ1v) is 7.68. The lowest BCUT2D eigenvalue weighted by atomic mass is 10.3. The third kappa shape index (κ3) is 3.74. The summed E-state index contributed by atoms with van der Waals surface area (Å²) in [5.74, 6) is -1.42. The highest BCUT2D eigenvalue weighted by Gasteiger charge is 2.21. The van der Waals surface area contributed by atoms with Gasteiger partial charge in [-0.1, -0.05) is 0 Å². The third-order valence-corrected chi connectivity index (χ3v) is 4.55. The minimum Gasteiger partial charge on any atom is -0.477 e. The van der Waals surface area contributed by atoms with Gasteiger partial charge in [-0.05, 0) is 23.8 Å². The number of carbonyl (C=O) groups excluding carboxylic acids is 1. The number of carboxylic acids is 1. The number of nitrogens with one attached hydrogen (secondary N) is 1. The number of carbonyl (C=O) groups is 2. The number of carboxylic acid groups (broad SMARTS) is 1. The van der Waals surface area contributed by atoms with E-state index in [2.05, 4.69) is 15.3 Å². The summed E-state index contributed by atoms with van der Waals surface area (Å²) in [5.41, 5.74) is 0.393. The van der Waals surface area contributed by atoms with Crippen molar-refractivity contribution in [3.63, 3.8) is 0 Å². The quantitative estimate of drug-likeness (QED) is 0.591. The molecule has 11 heteroatoms. The summed E-state index contributed by atoms with van der Waals surface area (Å²) >= 11 is 1.00. The molecule has 0 bridgehead atoms. The van der Waals surface area contributed by atoms with Gasteiger partial charge in [0, 0.05) is 6.92 Å². The topological polar surface area (TPSA) is 140 Å². The Morgan fingerprint density at radius 3 is 2.62 bits per heavy atom. The number of aromatic carboxylic acids is 1. The Hall–Kier alpha value is -2.82. The highest BCUT2D eigenvalue weighted by Crippen LogP contribution is 2.23. The Kier molecular flexibility index (Phi) is 4.93. The van der Waals surface area contributed by atoms with Gasteiger partial charge in [0.05, 0.1) is 11.7 Å². The first-order valence-electron chi connectivity index (χ1n) is 6.87. The van der Waals surface area contributed by atoms with Crippen molar-refractivity contribution in [3.05, 3.63) is 37.7 Å². The second-order valence-corrected chi connectivity index (χ2v) is 6.12. The molecule has 2 N–H and O–H groups in total. The van der Waals surface area contributed by atoms with Gasteiger partial charge in [0.25, 0.3) is 0 Å². The van der Waals surface area contributed by atoms with Crippen LogP contribution in [0.15, 0.2) is 6.20 Å². The standard InChI is InChI=1S/C13H15N5O5S/c1-6-11(13(20)21)24-12(15-6)7(2)14-10(19)5-17-4-9(18(22)23)16-8(17)3/h4,7H,5H2,1-3H3,(H,14,19)(H,20,21). The normalized spacial score (nSPS) is 12.0. The van der Waals surface area contributed by atoms with E-state index in [4.69, 9.17) is 5.11 Å². The number of nitrogens with zero attached hydrogens (tertiary/aromatic N) is 4. The average molecular weight is 353 g/mol. The lowest BCUT2D eigenvalue weighted by Gasteiger charge is -2.11. The summed E-state index contributed by atoms with van der Waals surface area (Å²) in [5, 5.41) is 22.9. The zero-order chi connectivity index (χ0) is 18.0. The number of imidazole rings is 1. The van der Waals surface area contributed by atoms with Gasteiger partial charge >= 0.3 is 11.8 Å². The maximum absolute atomic E-state index is 12.1. The summed E-state index contributed by atoms with van der Waals surface area (Å²) < 4.78 is 1.37. The van der Waals surface area contributed by atoms with E-state index in [1.54, 1.807) is 20.8 Å². The number of rotatable bonds is 6. The third-order valence-electron chi connectivity index (χ3n) is 3.22. The number of hydrogen-bond donors (Lipinski definition) is 2. The summed E-state index contributed by atoms with van der Waals surface area (Å²) in [6.45, 7) is 4.71. The summed E-state index contributed by atoms with van der Waals surface area (Å²) in [6, 6.07) is -0.479. The molecule has 2 rings (SSSR count). The van der Waals surface area contributed by atoms with Crippen LogP contribution >= 0.6 is 11.3 Å². The van der Waals surface area contributed by atoms with Crippen molar-refractivity contribution in [3.8, 4) is 0 Å². The van der Waals surface area contributed by atoms with Crippen molar-refractivity contribution < 1.29 is 19.6 Å². The van der Waals surface area contributed by atoms with Crippen molar-refractivity contribution in [2.75, 3.05) is 0 Å². The molecule has 0 saturated heterocycles. The molecule has 10 nitrogen and oxygen atoms in total. The van der Waals surface area contributed by atoms with Crippen LogP contribution in [0.4, 0.5) is 5.82 Å². The second kappa shape index (κ2) is 6.74. The summed E-state index contributed by atoms with van der Waals surface area (Å²) in [7, 11) is 0. The molecule has 0 saturated carbocycles. The molecule has 2 aromatic rings. The largest absolute Gasteiger partial charge is 0.477 e. The number of amides is 1. The van der Waals surface area contributed by atoms with E-state index >= 15 is 0 Å². The van der Waals surface area contributed by atoms with Gasteiger partial charge in [-0.15, -0.1) is 11.3 Å². The molecule has 0 aliphatic heterocycles. The molecule has 0 fully saturated rings. The van der Waals surface area contributed by atoms with Gasteiger partial charge in [-0.25, -0.2) is 9.78 Å². The van der Waals surface area contributed by atoms with Crippen LogP contribution in [0.25, 0.3) is 0 Å². The zero-order valence-electron chi connectivity index (χ0n) is 13.1. The van der Waals surface area contributed by atoms with Crippen molar-refractivity contribution in [2.24, 2.45) is 0 Å². The molecule has 2 heterocycles. The van der Waals surface area contributed by atoms with Crippen LogP contribution in [0, 0.1) is 24.0 Å². The van der Waals surface area contributed by atoms with Gasteiger partial charge in [-0.2, -0.15) is 0 Å². The minimum atomic E-state index is -1.06. The van der Waals surface area contributed by atoms with Crippen LogP contribution in [0.2, 0.25) is 0 Å². The molecular weight excluding hydrogens is 338 g/mol. The van der Waals surface area contributed by atoms with Gasteiger partial charge in [0.1, 0.15) is 22.6 Å². The molecule has 128 valence electrons. The Labute approximate surface area is 140 Å². The van der Waals surface area contributed by atoms with Crippen LogP contribution < -0.4 is 5.32 Å². The SMILES string of the molecule is Cc1nc(C(C)NC(=O)Cn2cc([N+](=O)[O-])nc2C)sc1C(=O)O. The number of aromatic nitrogens is 3. The van der Waals surface area contributed by atoms with Gasteiger partial charge in [0.2, 0.25) is 11.7 Å². The van der Waals surface area contributed by atoms with Gasteiger partial charge in [-0.3, -0.25) is 9.36 Å². The Bertz CT molecular complexity index is 812. The fourth-order valence-electron chi connectivity index (χ4n) is 2.04. The number of thiazole rings is 1. The van der Waals surface area contributed by atoms with Crippen molar-refractivity contribution in [1.82, 2.24) is 19.9 Å². The Morgan fingerprint density at radius 2 is 2.12 bits per heavy atom. The molecule has 2 aromatic heterocycles. The molecule has 0 aliphatic rings. The molecule has 24 heavy (non-hydrogen) atoms. The molecule has 0 radical (unpaired) electrons. The lowest BCUT2D eigenvalue weighted by molar-refractivity contribution is -0.389. The maximum Gasteiger partial charge on any atom is 0.381 e. The summed E-state index contributed by atoms with van der Waals surface area (Å²) in [4.78, 5) is 41.2. The lowest BCUT2D eigenvalue weighted by Crippen LogP contribution is -2.30. The molecule has 1 atom stereocenters. The molecule has 1 unspecified atom stereocenters. The predicted octanol–water partition coefficient (Wildman–Crippen LogP) is 1.44. The average Bonchev–Trinajstić information content (AvgIpc) is 3.03. The fraction of sp³-hybridized carbons (Fsp3) is 0.385. The monoisotopic (exact) mass is 353 g/mol. The van der Waals surface area contributed by atoms with Crippen LogP contribution in [0.3, 0.4) is 0 Å². The molecule has 0 aromatic carbocycles. The number of nitro groups is 1. The Balaban J connectivity index is 2.05. The smallest absolute Gasteiger partial charge is 0.381 e. The van der Waals surface area contributed by atoms with E-state index in [-0.39, 0.29) is 23.1 Å².